The summed E-state index contributed by atoms with van der Waals surface area (Å²) in [6, 6.07) is 7.61. The molecule has 28 heavy (non-hydrogen) atoms. The van der Waals surface area contributed by atoms with E-state index in [-0.39, 0.29) is 12.3 Å². The Morgan fingerprint density at radius 2 is 2.07 bits per heavy atom. The molecule has 2 aromatic heterocycles. The zero-order chi connectivity index (χ0) is 20.1. The molecule has 9 heteroatoms. The van der Waals surface area contributed by atoms with Gasteiger partial charge in [0.1, 0.15) is 11.5 Å². The van der Waals surface area contributed by atoms with Gasteiger partial charge in [-0.1, -0.05) is 5.16 Å². The van der Waals surface area contributed by atoms with Crippen LogP contribution in [0, 0.1) is 18.6 Å². The van der Waals surface area contributed by atoms with Crippen molar-refractivity contribution in [3.63, 3.8) is 0 Å². The van der Waals surface area contributed by atoms with Crippen LogP contribution in [0.4, 0.5) is 0 Å². The Kier molecular flexibility index (Phi) is 6.25. The largest absolute Gasteiger partial charge is 0.494 e. The average molecular weight is 401 g/mol. The molecule has 1 aromatic carbocycles. The monoisotopic (exact) mass is 401 g/mol. The first-order valence-corrected chi connectivity index (χ1v) is 9.47. The second kappa shape index (κ2) is 8.83. The minimum atomic E-state index is -0.0826. The number of aromatic nitrogens is 4. The minimum Gasteiger partial charge on any atom is -0.494 e. The summed E-state index contributed by atoms with van der Waals surface area (Å²) in [4.78, 5) is 12.3. The second-order valence-electron chi connectivity index (χ2n) is 6.29. The van der Waals surface area contributed by atoms with Gasteiger partial charge >= 0.3 is 0 Å². The molecule has 3 aromatic rings. The van der Waals surface area contributed by atoms with Crippen molar-refractivity contribution in [3.05, 3.63) is 46.1 Å². The molecule has 0 saturated carbocycles. The third-order valence-corrected chi connectivity index (χ3v) is 4.70. The number of rotatable bonds is 8. The smallest absolute Gasteiger partial charge is 0.222 e. The van der Waals surface area contributed by atoms with Crippen LogP contribution in [-0.4, -0.2) is 32.4 Å². The summed E-state index contributed by atoms with van der Waals surface area (Å²) in [7, 11) is 0. The number of ether oxygens (including phenoxy) is 1. The highest BCUT2D eigenvalue weighted by Crippen LogP contribution is 2.21. The summed E-state index contributed by atoms with van der Waals surface area (Å²) >= 11 is 5.32. The third-order valence-electron chi connectivity index (χ3n) is 4.39. The molecule has 0 aliphatic heterocycles. The van der Waals surface area contributed by atoms with E-state index < -0.39 is 0 Å². The number of benzene rings is 1. The molecule has 2 heterocycles. The number of hydrogen-bond acceptors (Lipinski definition) is 6. The van der Waals surface area contributed by atoms with Crippen LogP contribution in [0.15, 0.2) is 28.8 Å². The van der Waals surface area contributed by atoms with Gasteiger partial charge in [0.25, 0.3) is 0 Å². The maximum atomic E-state index is 12.3. The summed E-state index contributed by atoms with van der Waals surface area (Å²) in [6.45, 7) is 7.05. The Morgan fingerprint density at radius 3 is 2.71 bits per heavy atom. The van der Waals surface area contributed by atoms with Gasteiger partial charge in [0.15, 0.2) is 10.6 Å². The van der Waals surface area contributed by atoms with E-state index in [1.54, 1.807) is 0 Å². The Bertz CT molecular complexity index is 984. The van der Waals surface area contributed by atoms with Gasteiger partial charge in [0.05, 0.1) is 12.3 Å². The highest BCUT2D eigenvalue weighted by molar-refractivity contribution is 7.71. The standard InChI is InChI=1S/C19H23N5O3S/c1-4-26-15-7-5-14(6-8-15)18-21-22-19(28)24(18)10-9-17(25)20-11-16-12(2)23-27-13(16)3/h5-8H,4,9-11H2,1-3H3,(H,20,25)(H,22,28). The van der Waals surface area contributed by atoms with Gasteiger partial charge in [-0.3, -0.25) is 14.5 Å². The van der Waals surface area contributed by atoms with E-state index in [0.29, 0.717) is 36.1 Å². The summed E-state index contributed by atoms with van der Waals surface area (Å²) < 4.78 is 12.9. The van der Waals surface area contributed by atoms with Crippen molar-refractivity contribution < 1.29 is 14.1 Å². The number of nitrogens with one attached hydrogen (secondary N) is 2. The zero-order valence-electron chi connectivity index (χ0n) is 16.1. The lowest BCUT2D eigenvalue weighted by Crippen LogP contribution is -2.24. The Morgan fingerprint density at radius 1 is 1.32 bits per heavy atom. The molecular formula is C19H23N5O3S. The highest BCUT2D eigenvalue weighted by Gasteiger charge is 2.13. The van der Waals surface area contributed by atoms with Gasteiger partial charge in [-0.25, -0.2) is 0 Å². The summed E-state index contributed by atoms with van der Waals surface area (Å²) in [5.41, 5.74) is 2.59. The summed E-state index contributed by atoms with van der Waals surface area (Å²) in [6.07, 6.45) is 0.279. The number of hydrogen-bond donors (Lipinski definition) is 2. The van der Waals surface area contributed by atoms with E-state index in [9.17, 15) is 4.79 Å². The van der Waals surface area contributed by atoms with Crippen LogP contribution >= 0.6 is 12.2 Å². The topological polar surface area (TPSA) is 98.0 Å². The van der Waals surface area contributed by atoms with Crippen LogP contribution in [0.2, 0.25) is 0 Å². The van der Waals surface area contributed by atoms with E-state index in [1.807, 2.05) is 49.6 Å². The van der Waals surface area contributed by atoms with Crippen molar-refractivity contribution in [2.45, 2.75) is 40.3 Å². The van der Waals surface area contributed by atoms with Gasteiger partial charge in [-0.2, -0.15) is 5.10 Å². The number of amides is 1. The fraction of sp³-hybridized carbons (Fsp3) is 0.368. The maximum absolute atomic E-state index is 12.3. The van der Waals surface area contributed by atoms with Crippen molar-refractivity contribution >= 4 is 18.1 Å². The maximum Gasteiger partial charge on any atom is 0.222 e. The molecule has 0 radical (unpaired) electrons. The highest BCUT2D eigenvalue weighted by atomic mass is 32.1. The van der Waals surface area contributed by atoms with Crippen LogP contribution < -0.4 is 10.1 Å². The fourth-order valence-electron chi connectivity index (χ4n) is 2.86. The molecule has 2 N–H and O–H groups in total. The molecule has 0 spiro atoms. The van der Waals surface area contributed by atoms with Crippen molar-refractivity contribution in [1.82, 2.24) is 25.2 Å². The van der Waals surface area contributed by atoms with E-state index in [1.165, 1.54) is 0 Å². The van der Waals surface area contributed by atoms with Crippen LogP contribution in [0.25, 0.3) is 11.4 Å². The number of carbonyl (C=O) groups excluding carboxylic acids is 1. The molecule has 3 rings (SSSR count). The van der Waals surface area contributed by atoms with Gasteiger partial charge in [0, 0.05) is 30.6 Å². The van der Waals surface area contributed by atoms with Crippen LogP contribution in [0.3, 0.4) is 0 Å². The SMILES string of the molecule is CCOc1ccc(-c2n[nH]c(=S)n2CCC(=O)NCc2c(C)noc2C)cc1. The van der Waals surface area contributed by atoms with Crippen molar-refractivity contribution in [2.75, 3.05) is 6.61 Å². The molecule has 8 nitrogen and oxygen atoms in total. The normalized spacial score (nSPS) is 10.8. The molecule has 0 aliphatic carbocycles. The minimum absolute atomic E-state index is 0.0826. The second-order valence-corrected chi connectivity index (χ2v) is 6.68. The van der Waals surface area contributed by atoms with Crippen LogP contribution in [0.1, 0.15) is 30.4 Å². The lowest BCUT2D eigenvalue weighted by molar-refractivity contribution is -0.121. The summed E-state index contributed by atoms with van der Waals surface area (Å²) in [5, 5.41) is 13.9. The molecule has 148 valence electrons. The average Bonchev–Trinajstić information content (AvgIpc) is 3.21. The Balaban J connectivity index is 1.64. The van der Waals surface area contributed by atoms with Gasteiger partial charge in [0.2, 0.25) is 5.91 Å². The van der Waals surface area contributed by atoms with Gasteiger partial charge < -0.3 is 14.6 Å². The molecular weight excluding hydrogens is 378 g/mol. The summed E-state index contributed by atoms with van der Waals surface area (Å²) in [5.74, 6) is 2.12. The Hall–Kier alpha value is -2.94. The van der Waals surface area contributed by atoms with E-state index in [2.05, 4.69) is 20.7 Å². The predicted molar refractivity (Wildman–Crippen MR) is 106 cm³/mol. The first kappa shape index (κ1) is 19.8. The number of carbonyl (C=O) groups is 1. The van der Waals surface area contributed by atoms with Crippen LogP contribution in [-0.2, 0) is 17.9 Å². The van der Waals surface area contributed by atoms with Crippen molar-refractivity contribution in [1.29, 1.82) is 0 Å². The molecule has 1 amide bonds. The zero-order valence-corrected chi connectivity index (χ0v) is 16.9. The van der Waals surface area contributed by atoms with Crippen LogP contribution in [0.5, 0.6) is 5.75 Å². The first-order valence-electron chi connectivity index (χ1n) is 9.06. The molecule has 0 atom stereocenters. The number of aromatic amines is 1. The Labute approximate surface area is 167 Å². The molecule has 0 unspecified atom stereocenters. The van der Waals surface area contributed by atoms with E-state index >= 15 is 0 Å². The molecule has 0 bridgehead atoms. The molecule has 0 saturated heterocycles. The number of nitrogens with zero attached hydrogens (tertiary/aromatic N) is 3. The first-order chi connectivity index (χ1) is 13.5. The van der Waals surface area contributed by atoms with Gasteiger partial charge in [-0.15, -0.1) is 0 Å². The van der Waals surface area contributed by atoms with Crippen molar-refractivity contribution in [2.24, 2.45) is 0 Å². The lowest BCUT2D eigenvalue weighted by Gasteiger charge is -2.09. The molecule has 0 aliphatic rings. The fourth-order valence-corrected chi connectivity index (χ4v) is 3.08. The lowest BCUT2D eigenvalue weighted by atomic mass is 10.2. The molecule has 0 fully saturated rings. The number of H-pyrrole nitrogens is 1. The predicted octanol–water partition coefficient (Wildman–Crippen LogP) is 3.32. The van der Waals surface area contributed by atoms with E-state index in [4.69, 9.17) is 21.5 Å². The number of aryl methyl sites for hydroxylation is 2. The van der Waals surface area contributed by atoms with Gasteiger partial charge in [-0.05, 0) is 57.3 Å². The third kappa shape index (κ3) is 4.48. The quantitative estimate of drug-likeness (QED) is 0.562. The van der Waals surface area contributed by atoms with Crippen molar-refractivity contribution in [3.8, 4) is 17.1 Å². The van der Waals surface area contributed by atoms with E-state index in [0.717, 1.165) is 22.6 Å².